The molecule has 3 aromatic carbocycles. The van der Waals surface area contributed by atoms with Crippen LogP contribution in [-0.4, -0.2) is 22.7 Å². The van der Waals surface area contributed by atoms with Crippen molar-refractivity contribution in [2.45, 2.75) is 26.9 Å². The van der Waals surface area contributed by atoms with Crippen molar-refractivity contribution in [3.63, 3.8) is 0 Å². The molecule has 1 aromatic heterocycles. The lowest BCUT2D eigenvalue weighted by Gasteiger charge is -2.23. The van der Waals surface area contributed by atoms with Crippen LogP contribution in [-0.2, 0) is 13.1 Å². The van der Waals surface area contributed by atoms with Crippen LogP contribution in [0.3, 0.4) is 0 Å². The number of anilines is 1. The van der Waals surface area contributed by atoms with Crippen LogP contribution in [0.25, 0.3) is 10.9 Å². The van der Waals surface area contributed by atoms with Gasteiger partial charge >= 0.3 is 6.03 Å². The fraction of sp³-hybridized carbons (Fsp3) is 0.185. The van der Waals surface area contributed by atoms with Gasteiger partial charge in [-0.05, 0) is 66.3 Å². The van der Waals surface area contributed by atoms with Gasteiger partial charge in [0.1, 0.15) is 0 Å². The Morgan fingerprint density at radius 2 is 1.76 bits per heavy atom. The van der Waals surface area contributed by atoms with Gasteiger partial charge in [0.25, 0.3) is 5.56 Å². The van der Waals surface area contributed by atoms with Crippen LogP contribution in [0, 0.1) is 13.8 Å². The van der Waals surface area contributed by atoms with E-state index in [2.05, 4.69) is 10.3 Å². The van der Waals surface area contributed by atoms with E-state index in [0.717, 1.165) is 27.6 Å². The van der Waals surface area contributed by atoms with E-state index < -0.39 is 0 Å². The van der Waals surface area contributed by atoms with Crippen LogP contribution < -0.4 is 20.3 Å². The minimum atomic E-state index is -0.302. The van der Waals surface area contributed by atoms with Crippen molar-refractivity contribution in [1.29, 1.82) is 0 Å². The molecule has 1 aliphatic heterocycles. The highest BCUT2D eigenvalue weighted by Gasteiger charge is 2.20. The van der Waals surface area contributed by atoms with Crippen LogP contribution in [0.1, 0.15) is 22.3 Å². The Balaban J connectivity index is 1.47. The summed E-state index contributed by atoms with van der Waals surface area (Å²) in [4.78, 5) is 30.9. The maximum Gasteiger partial charge on any atom is 0.322 e. The van der Waals surface area contributed by atoms with E-state index in [4.69, 9.17) is 9.47 Å². The topological polar surface area (TPSA) is 83.7 Å². The number of nitrogens with zero attached hydrogens (tertiary/aromatic N) is 1. The maximum absolute atomic E-state index is 13.3. The van der Waals surface area contributed by atoms with Gasteiger partial charge in [-0.2, -0.15) is 0 Å². The summed E-state index contributed by atoms with van der Waals surface area (Å²) in [5, 5.41) is 3.86. The molecule has 2 heterocycles. The molecule has 0 spiro atoms. The second-order valence-corrected chi connectivity index (χ2v) is 8.44. The summed E-state index contributed by atoms with van der Waals surface area (Å²) in [6.07, 6.45) is 0. The summed E-state index contributed by atoms with van der Waals surface area (Å²) in [6, 6.07) is 20.4. The molecule has 0 bridgehead atoms. The summed E-state index contributed by atoms with van der Waals surface area (Å²) in [5.74, 6) is 1.33. The Bertz CT molecular complexity index is 1430. The number of ether oxygens (including phenoxy) is 2. The number of carbonyl (C=O) groups is 1. The predicted molar refractivity (Wildman–Crippen MR) is 131 cm³/mol. The Labute approximate surface area is 196 Å². The number of carbonyl (C=O) groups excluding carboxylic acids is 1. The standard InChI is InChI=1S/C27H25N3O4/c1-17-8-10-20-13-21(26(31)29-25(20)18(17)2)15-30(27(32)28-22-6-4-3-5-7-22)14-19-9-11-23-24(12-19)34-16-33-23/h3-13H,14-16H2,1-2H3,(H,28,32)(H,29,31). The first-order chi connectivity index (χ1) is 16.5. The fourth-order valence-electron chi connectivity index (χ4n) is 4.08. The molecule has 7 heteroatoms. The van der Waals surface area contributed by atoms with E-state index in [1.165, 1.54) is 0 Å². The first kappa shape index (κ1) is 21.6. The summed E-state index contributed by atoms with van der Waals surface area (Å²) in [6.45, 7) is 4.63. The van der Waals surface area contributed by atoms with E-state index in [-0.39, 0.29) is 24.9 Å². The first-order valence-corrected chi connectivity index (χ1v) is 11.1. The first-order valence-electron chi connectivity index (χ1n) is 11.1. The van der Waals surface area contributed by atoms with Crippen LogP contribution in [0.5, 0.6) is 11.5 Å². The number of aryl methyl sites for hydroxylation is 2. The fourth-order valence-corrected chi connectivity index (χ4v) is 4.08. The van der Waals surface area contributed by atoms with Gasteiger partial charge in [0, 0.05) is 17.8 Å². The number of benzene rings is 3. The number of urea groups is 1. The molecule has 2 amide bonds. The molecule has 0 radical (unpaired) electrons. The van der Waals surface area contributed by atoms with Gasteiger partial charge in [0.15, 0.2) is 11.5 Å². The monoisotopic (exact) mass is 455 g/mol. The summed E-state index contributed by atoms with van der Waals surface area (Å²) in [5.41, 5.74) is 4.84. The Morgan fingerprint density at radius 1 is 0.971 bits per heavy atom. The predicted octanol–water partition coefficient (Wildman–Crippen LogP) is 5.11. The summed E-state index contributed by atoms with van der Waals surface area (Å²) in [7, 11) is 0. The maximum atomic E-state index is 13.3. The van der Waals surface area contributed by atoms with Crippen LogP contribution in [0.15, 0.2) is 71.5 Å². The molecule has 0 atom stereocenters. The Morgan fingerprint density at radius 3 is 2.59 bits per heavy atom. The second-order valence-electron chi connectivity index (χ2n) is 8.44. The molecular formula is C27H25N3O4. The number of hydrogen-bond acceptors (Lipinski definition) is 4. The van der Waals surface area contributed by atoms with Crippen LogP contribution in [0.2, 0.25) is 0 Å². The van der Waals surface area contributed by atoms with Crippen LogP contribution >= 0.6 is 0 Å². The number of nitrogens with one attached hydrogen (secondary N) is 2. The minimum Gasteiger partial charge on any atom is -0.454 e. The molecule has 7 nitrogen and oxygen atoms in total. The van der Waals surface area contributed by atoms with Gasteiger partial charge in [-0.3, -0.25) is 4.79 Å². The molecule has 2 N–H and O–H groups in total. The lowest BCUT2D eigenvalue weighted by molar-refractivity contribution is 0.174. The average molecular weight is 456 g/mol. The molecule has 1 aliphatic rings. The molecule has 5 rings (SSSR count). The Hall–Kier alpha value is -4.26. The molecule has 172 valence electrons. The lowest BCUT2D eigenvalue weighted by atomic mass is 10.0. The van der Waals surface area contributed by atoms with Gasteiger partial charge in [0.05, 0.1) is 12.1 Å². The largest absolute Gasteiger partial charge is 0.454 e. The van der Waals surface area contributed by atoms with E-state index in [0.29, 0.717) is 29.3 Å². The molecule has 34 heavy (non-hydrogen) atoms. The van der Waals surface area contributed by atoms with E-state index in [1.54, 1.807) is 4.90 Å². The third kappa shape index (κ3) is 4.32. The second kappa shape index (κ2) is 8.94. The third-order valence-corrected chi connectivity index (χ3v) is 6.11. The molecule has 0 unspecified atom stereocenters. The van der Waals surface area contributed by atoms with Crippen molar-refractivity contribution in [2.24, 2.45) is 0 Å². The number of para-hydroxylation sites is 1. The molecule has 0 aliphatic carbocycles. The summed E-state index contributed by atoms with van der Waals surface area (Å²) >= 11 is 0. The highest BCUT2D eigenvalue weighted by Crippen LogP contribution is 2.33. The Kier molecular flexibility index (Phi) is 5.67. The van der Waals surface area contributed by atoms with Gasteiger partial charge < -0.3 is 24.7 Å². The minimum absolute atomic E-state index is 0.144. The highest BCUT2D eigenvalue weighted by molar-refractivity contribution is 5.89. The quantitative estimate of drug-likeness (QED) is 0.438. The van der Waals surface area contributed by atoms with Crippen molar-refractivity contribution in [1.82, 2.24) is 9.88 Å². The smallest absolute Gasteiger partial charge is 0.322 e. The zero-order chi connectivity index (χ0) is 23.7. The highest BCUT2D eigenvalue weighted by atomic mass is 16.7. The van der Waals surface area contributed by atoms with Crippen molar-refractivity contribution >= 4 is 22.6 Å². The number of pyridine rings is 1. The van der Waals surface area contributed by atoms with Crippen molar-refractivity contribution in [2.75, 3.05) is 12.1 Å². The SMILES string of the molecule is Cc1ccc2cc(CN(Cc3ccc4c(c3)OCO4)C(=O)Nc3ccccc3)c(=O)[nH]c2c1C. The molecule has 0 saturated heterocycles. The van der Waals surface area contributed by atoms with Crippen molar-refractivity contribution < 1.29 is 14.3 Å². The molecule has 0 saturated carbocycles. The summed E-state index contributed by atoms with van der Waals surface area (Å²) < 4.78 is 10.9. The zero-order valence-electron chi connectivity index (χ0n) is 19.1. The molecule has 0 fully saturated rings. The van der Waals surface area contributed by atoms with E-state index in [9.17, 15) is 9.59 Å². The zero-order valence-corrected chi connectivity index (χ0v) is 19.1. The number of H-pyrrole nitrogens is 1. The molecule has 4 aromatic rings. The number of aromatic nitrogens is 1. The van der Waals surface area contributed by atoms with Crippen LogP contribution in [0.4, 0.5) is 10.5 Å². The normalized spacial score (nSPS) is 12.1. The number of hydrogen-bond donors (Lipinski definition) is 2. The lowest BCUT2D eigenvalue weighted by Crippen LogP contribution is -2.35. The van der Waals surface area contributed by atoms with Gasteiger partial charge in [-0.1, -0.05) is 36.4 Å². The van der Waals surface area contributed by atoms with Gasteiger partial charge in [-0.15, -0.1) is 0 Å². The number of rotatable bonds is 5. The van der Waals surface area contributed by atoms with Gasteiger partial charge in [-0.25, -0.2) is 4.79 Å². The van der Waals surface area contributed by atoms with Crippen molar-refractivity contribution in [3.05, 3.63) is 99.3 Å². The van der Waals surface area contributed by atoms with E-state index in [1.807, 2.05) is 80.6 Å². The van der Waals surface area contributed by atoms with Crippen molar-refractivity contribution in [3.8, 4) is 11.5 Å². The van der Waals surface area contributed by atoms with Gasteiger partial charge in [0.2, 0.25) is 6.79 Å². The number of aromatic amines is 1. The van der Waals surface area contributed by atoms with E-state index >= 15 is 0 Å². The molecular weight excluding hydrogens is 430 g/mol. The average Bonchev–Trinajstić information content (AvgIpc) is 3.31. The third-order valence-electron chi connectivity index (χ3n) is 6.11. The number of fused-ring (bicyclic) bond motifs is 2. The number of amides is 2.